The van der Waals surface area contributed by atoms with Crippen LogP contribution in [0.4, 0.5) is 5.69 Å². The zero-order valence-electron chi connectivity index (χ0n) is 15.7. The minimum Gasteiger partial charge on any atom is -0.396 e. The minimum atomic E-state index is 0.277. The average Bonchev–Trinajstić information content (AvgIpc) is 2.60. The Labute approximate surface area is 157 Å². The van der Waals surface area contributed by atoms with E-state index in [1.54, 1.807) is 0 Å². The SMILES string of the molecule is CCN(CCCO)CCCC(C)NC1c2ccc(Cl)cc2N=CC1C. The molecule has 2 rings (SSSR count). The summed E-state index contributed by atoms with van der Waals surface area (Å²) in [7, 11) is 0. The molecule has 140 valence electrons. The van der Waals surface area contributed by atoms with Gasteiger partial charge in [-0.1, -0.05) is 31.5 Å². The van der Waals surface area contributed by atoms with Gasteiger partial charge in [-0.15, -0.1) is 0 Å². The zero-order valence-corrected chi connectivity index (χ0v) is 16.5. The van der Waals surface area contributed by atoms with Gasteiger partial charge in [-0.2, -0.15) is 0 Å². The van der Waals surface area contributed by atoms with Gasteiger partial charge in [-0.3, -0.25) is 4.99 Å². The molecule has 0 spiro atoms. The Kier molecular flexibility index (Phi) is 8.37. The molecule has 0 saturated carbocycles. The molecule has 3 atom stereocenters. The van der Waals surface area contributed by atoms with Gasteiger partial charge in [0.05, 0.1) is 5.69 Å². The molecule has 4 nitrogen and oxygen atoms in total. The molecule has 0 amide bonds. The number of rotatable bonds is 10. The van der Waals surface area contributed by atoms with Crippen molar-refractivity contribution in [1.82, 2.24) is 10.2 Å². The lowest BCUT2D eigenvalue weighted by Crippen LogP contribution is -2.36. The summed E-state index contributed by atoms with van der Waals surface area (Å²) < 4.78 is 0. The Hall–Kier alpha value is -0.940. The van der Waals surface area contributed by atoms with Crippen molar-refractivity contribution in [2.45, 2.75) is 52.1 Å². The van der Waals surface area contributed by atoms with Crippen molar-refractivity contribution in [1.29, 1.82) is 0 Å². The number of hydrogen-bond acceptors (Lipinski definition) is 4. The fourth-order valence-electron chi connectivity index (χ4n) is 3.43. The topological polar surface area (TPSA) is 47.9 Å². The smallest absolute Gasteiger partial charge is 0.0688 e. The molecule has 0 aromatic heterocycles. The number of hydrogen-bond donors (Lipinski definition) is 2. The molecule has 0 radical (unpaired) electrons. The molecule has 1 heterocycles. The van der Waals surface area contributed by atoms with E-state index in [2.05, 4.69) is 42.0 Å². The Morgan fingerprint density at radius 3 is 2.80 bits per heavy atom. The average molecular weight is 366 g/mol. The fraction of sp³-hybridized carbons (Fsp3) is 0.650. The first-order valence-corrected chi connectivity index (χ1v) is 9.85. The standard InChI is InChI=1S/C20H32ClN3O/c1-4-24(11-6-12-25)10-5-7-16(3)23-20-15(2)14-22-19-13-17(21)8-9-18(19)20/h8-9,13-16,20,23,25H,4-7,10-12H2,1-3H3. The maximum Gasteiger partial charge on any atom is 0.0688 e. The molecule has 25 heavy (non-hydrogen) atoms. The summed E-state index contributed by atoms with van der Waals surface area (Å²) >= 11 is 6.10. The fourth-order valence-corrected chi connectivity index (χ4v) is 3.60. The number of benzene rings is 1. The number of aliphatic hydroxyl groups excluding tert-OH is 1. The van der Waals surface area contributed by atoms with E-state index < -0.39 is 0 Å². The predicted molar refractivity (Wildman–Crippen MR) is 107 cm³/mol. The Morgan fingerprint density at radius 1 is 1.32 bits per heavy atom. The van der Waals surface area contributed by atoms with Crippen LogP contribution in [0.25, 0.3) is 0 Å². The third-order valence-corrected chi connectivity index (χ3v) is 5.19. The summed E-state index contributed by atoms with van der Waals surface area (Å²) in [5.74, 6) is 0.368. The summed E-state index contributed by atoms with van der Waals surface area (Å²) in [4.78, 5) is 6.95. The largest absolute Gasteiger partial charge is 0.396 e. The first-order chi connectivity index (χ1) is 12.0. The van der Waals surface area contributed by atoms with Crippen LogP contribution >= 0.6 is 11.6 Å². The van der Waals surface area contributed by atoms with Gasteiger partial charge in [0.2, 0.25) is 0 Å². The molecular formula is C20H32ClN3O. The van der Waals surface area contributed by atoms with Gasteiger partial charge in [0.1, 0.15) is 0 Å². The highest BCUT2D eigenvalue weighted by Gasteiger charge is 2.25. The molecular weight excluding hydrogens is 334 g/mol. The molecule has 0 fully saturated rings. The van der Waals surface area contributed by atoms with Crippen LogP contribution < -0.4 is 5.32 Å². The maximum absolute atomic E-state index is 8.97. The van der Waals surface area contributed by atoms with Crippen molar-refractivity contribution >= 4 is 23.5 Å². The number of nitrogens with one attached hydrogen (secondary N) is 1. The first kappa shape index (κ1) is 20.4. The van der Waals surface area contributed by atoms with Crippen molar-refractivity contribution < 1.29 is 5.11 Å². The van der Waals surface area contributed by atoms with Crippen LogP contribution in [0, 0.1) is 5.92 Å². The molecule has 5 heteroatoms. The van der Waals surface area contributed by atoms with Gasteiger partial charge in [-0.05, 0) is 57.0 Å². The monoisotopic (exact) mass is 365 g/mol. The van der Waals surface area contributed by atoms with Crippen molar-refractivity contribution in [3.63, 3.8) is 0 Å². The normalized spacial score (nSPS) is 20.7. The van der Waals surface area contributed by atoms with E-state index in [4.69, 9.17) is 16.7 Å². The molecule has 1 aliphatic rings. The highest BCUT2D eigenvalue weighted by molar-refractivity contribution is 6.30. The summed E-state index contributed by atoms with van der Waals surface area (Å²) in [6.07, 6.45) is 5.19. The third kappa shape index (κ3) is 6.07. The molecule has 0 saturated heterocycles. The van der Waals surface area contributed by atoms with E-state index in [9.17, 15) is 0 Å². The number of aliphatic imine (C=N–C) groups is 1. The van der Waals surface area contributed by atoms with E-state index in [0.717, 1.165) is 49.6 Å². The number of nitrogens with zero attached hydrogens (tertiary/aromatic N) is 2. The minimum absolute atomic E-state index is 0.277. The third-order valence-electron chi connectivity index (χ3n) is 4.96. The second kappa shape index (κ2) is 10.3. The van der Waals surface area contributed by atoms with E-state index in [1.807, 2.05) is 18.3 Å². The summed E-state index contributed by atoms with van der Waals surface area (Å²) in [6, 6.07) is 6.73. The van der Waals surface area contributed by atoms with Crippen molar-refractivity contribution in [2.24, 2.45) is 10.9 Å². The Balaban J connectivity index is 1.86. The van der Waals surface area contributed by atoms with Crippen LogP contribution in [-0.4, -0.2) is 48.5 Å². The van der Waals surface area contributed by atoms with Crippen molar-refractivity contribution in [2.75, 3.05) is 26.2 Å². The van der Waals surface area contributed by atoms with Crippen LogP contribution in [0.15, 0.2) is 23.2 Å². The van der Waals surface area contributed by atoms with Crippen molar-refractivity contribution in [3.05, 3.63) is 28.8 Å². The summed E-state index contributed by atoms with van der Waals surface area (Å²) in [5, 5.41) is 13.5. The van der Waals surface area contributed by atoms with E-state index >= 15 is 0 Å². The molecule has 1 aliphatic heterocycles. The van der Waals surface area contributed by atoms with Gasteiger partial charge in [0.25, 0.3) is 0 Å². The lowest BCUT2D eigenvalue weighted by Gasteiger charge is -2.31. The van der Waals surface area contributed by atoms with E-state index in [1.165, 1.54) is 5.56 Å². The van der Waals surface area contributed by atoms with Crippen molar-refractivity contribution in [3.8, 4) is 0 Å². The number of fused-ring (bicyclic) bond motifs is 1. The van der Waals surface area contributed by atoms with Gasteiger partial charge in [0.15, 0.2) is 0 Å². The van der Waals surface area contributed by atoms with E-state index in [0.29, 0.717) is 12.0 Å². The second-order valence-electron chi connectivity index (χ2n) is 7.04. The number of aliphatic hydroxyl groups is 1. The predicted octanol–water partition coefficient (Wildman–Crippen LogP) is 4.20. The number of halogens is 1. The van der Waals surface area contributed by atoms with Crippen LogP contribution in [0.1, 0.15) is 51.6 Å². The molecule has 1 aromatic carbocycles. The molecule has 2 N–H and O–H groups in total. The highest BCUT2D eigenvalue weighted by Crippen LogP contribution is 2.36. The van der Waals surface area contributed by atoms with Crippen LogP contribution in [0.2, 0.25) is 5.02 Å². The Morgan fingerprint density at radius 2 is 2.08 bits per heavy atom. The first-order valence-electron chi connectivity index (χ1n) is 9.48. The zero-order chi connectivity index (χ0) is 18.2. The summed E-state index contributed by atoms with van der Waals surface area (Å²) in [5.41, 5.74) is 2.22. The van der Waals surface area contributed by atoms with Crippen LogP contribution in [0.5, 0.6) is 0 Å². The van der Waals surface area contributed by atoms with E-state index in [-0.39, 0.29) is 12.6 Å². The van der Waals surface area contributed by atoms with Gasteiger partial charge in [-0.25, -0.2) is 0 Å². The maximum atomic E-state index is 8.97. The molecule has 1 aromatic rings. The van der Waals surface area contributed by atoms with Crippen LogP contribution in [-0.2, 0) is 0 Å². The molecule has 3 unspecified atom stereocenters. The highest BCUT2D eigenvalue weighted by atomic mass is 35.5. The van der Waals surface area contributed by atoms with Gasteiger partial charge in [0, 0.05) is 42.4 Å². The summed E-state index contributed by atoms with van der Waals surface area (Å²) in [6.45, 7) is 10.1. The van der Waals surface area contributed by atoms with Gasteiger partial charge < -0.3 is 15.3 Å². The molecule has 0 aliphatic carbocycles. The van der Waals surface area contributed by atoms with Gasteiger partial charge >= 0.3 is 0 Å². The Bertz CT molecular complexity index is 564. The van der Waals surface area contributed by atoms with Crippen LogP contribution in [0.3, 0.4) is 0 Å². The lowest BCUT2D eigenvalue weighted by molar-refractivity contribution is 0.225. The quantitative estimate of drug-likeness (QED) is 0.653. The lowest BCUT2D eigenvalue weighted by atomic mass is 9.90. The second-order valence-corrected chi connectivity index (χ2v) is 7.48. The molecule has 0 bridgehead atoms.